The molecule has 8 aromatic rings. The second-order valence-electron chi connectivity index (χ2n) is 18.2. The Hall–Kier alpha value is -4.84. The Morgan fingerprint density at radius 2 is 1.13 bits per heavy atom. The van der Waals surface area contributed by atoms with Gasteiger partial charge >= 0.3 is 0 Å². The summed E-state index contributed by atoms with van der Waals surface area (Å²) >= 11 is 0. The number of rotatable bonds is 2. The van der Waals surface area contributed by atoms with Gasteiger partial charge in [0.2, 0.25) is 0 Å². The number of aryl methyl sites for hydroxylation is 1. The third-order valence-corrected chi connectivity index (χ3v) is 17.7. The third-order valence-electron chi connectivity index (χ3n) is 13.6. The molecule has 250 valence electrons. The summed E-state index contributed by atoms with van der Waals surface area (Å²) in [4.78, 5) is 0. The topological polar surface area (TPSA) is 9.86 Å². The van der Waals surface area contributed by atoms with Crippen LogP contribution in [0.3, 0.4) is 0 Å². The lowest BCUT2D eigenvalue weighted by Crippen LogP contribution is -2.61. The molecule has 0 unspecified atom stereocenters. The highest BCUT2D eigenvalue weighted by atomic mass is 28.3. The maximum atomic E-state index is 2.77. The predicted molar refractivity (Wildman–Crippen MR) is 229 cm³/mol. The lowest BCUT2D eigenvalue weighted by atomic mass is 9.33. The van der Waals surface area contributed by atoms with Crippen LogP contribution in [-0.4, -0.2) is 32.0 Å². The zero-order valence-corrected chi connectivity index (χ0v) is 33.3. The van der Waals surface area contributed by atoms with Crippen molar-refractivity contribution in [3.8, 4) is 22.5 Å². The largest absolute Gasteiger partial charge is 0.315 e. The summed E-state index contributed by atoms with van der Waals surface area (Å²) in [6, 6.07) is 41.4. The lowest BCUT2D eigenvalue weighted by Gasteiger charge is -2.44. The number of nitrogens with zero attached hydrogens (tertiary/aromatic N) is 2. The number of aromatic nitrogens is 2. The summed E-state index contributed by atoms with van der Waals surface area (Å²) in [5.74, 6) is 0. The van der Waals surface area contributed by atoms with Crippen molar-refractivity contribution in [1.82, 2.24) is 9.13 Å². The summed E-state index contributed by atoms with van der Waals surface area (Å²) in [6.07, 6.45) is 0. The normalized spacial score (nSPS) is 15.4. The second-order valence-corrected chi connectivity index (χ2v) is 28.3. The maximum Gasteiger partial charge on any atom is 0.252 e. The zero-order valence-electron chi connectivity index (χ0n) is 31.3. The van der Waals surface area contributed by atoms with Crippen molar-refractivity contribution >= 4 is 82.3 Å². The van der Waals surface area contributed by atoms with E-state index in [0.29, 0.717) is 0 Å². The first-order valence-corrected chi connectivity index (χ1v) is 26.1. The Kier molecular flexibility index (Phi) is 5.15. The monoisotopic (exact) mass is 700 g/mol. The van der Waals surface area contributed by atoms with Gasteiger partial charge in [0.25, 0.3) is 6.71 Å². The molecule has 0 atom stereocenters. The summed E-state index contributed by atoms with van der Waals surface area (Å²) in [6.45, 7) is 20.0. The molecule has 12 rings (SSSR count). The summed E-state index contributed by atoms with van der Waals surface area (Å²) in [5.41, 5.74) is 22.3. The fourth-order valence-electron chi connectivity index (χ4n) is 11.1. The van der Waals surface area contributed by atoms with E-state index < -0.39 is 21.6 Å². The van der Waals surface area contributed by atoms with Gasteiger partial charge in [-0.2, -0.15) is 0 Å². The number of hydrogen-bond donors (Lipinski definition) is 0. The standard InChI is InChI=1S/C47H41BN2Si2/c1-26-27(2)49-41-21-20-37-46-42(41)48(39-19-13-16-30(26)44(39)49)40-25-29(52(6,7)8)23-34-33-22-28(51(3,4)5)24-38(43(33)50(46)45(34)40)47(37)35-17-11-9-14-31(35)32-15-10-12-18-36(32)47/h9-25H,1-8H3. The van der Waals surface area contributed by atoms with E-state index in [-0.39, 0.29) is 6.71 Å². The van der Waals surface area contributed by atoms with E-state index in [1.807, 2.05) is 0 Å². The van der Waals surface area contributed by atoms with Crippen LogP contribution in [0.2, 0.25) is 39.3 Å². The van der Waals surface area contributed by atoms with Crippen LogP contribution in [0.1, 0.15) is 33.5 Å². The first kappa shape index (κ1) is 29.7. The van der Waals surface area contributed by atoms with Crippen molar-refractivity contribution in [3.05, 3.63) is 137 Å². The van der Waals surface area contributed by atoms with Gasteiger partial charge in [-0.1, -0.05) is 147 Å². The molecule has 3 aliphatic heterocycles. The number of para-hydroxylation sites is 1. The molecule has 1 aliphatic carbocycles. The van der Waals surface area contributed by atoms with Gasteiger partial charge in [0.05, 0.1) is 27.1 Å². The highest BCUT2D eigenvalue weighted by Crippen LogP contribution is 2.61. The fraction of sp³-hybridized carbons (Fsp3) is 0.191. The average Bonchev–Trinajstić information content (AvgIpc) is 3.71. The quantitative estimate of drug-likeness (QED) is 0.161. The molecule has 6 aromatic carbocycles. The van der Waals surface area contributed by atoms with E-state index in [4.69, 9.17) is 0 Å². The van der Waals surface area contributed by atoms with Crippen LogP contribution < -0.4 is 26.8 Å². The first-order chi connectivity index (χ1) is 24.9. The van der Waals surface area contributed by atoms with Gasteiger partial charge in [0.15, 0.2) is 0 Å². The van der Waals surface area contributed by atoms with Gasteiger partial charge in [-0.15, -0.1) is 0 Å². The van der Waals surface area contributed by atoms with E-state index in [2.05, 4.69) is 165 Å². The van der Waals surface area contributed by atoms with Crippen molar-refractivity contribution in [2.75, 3.05) is 0 Å². The van der Waals surface area contributed by atoms with Gasteiger partial charge in [-0.05, 0) is 75.2 Å². The van der Waals surface area contributed by atoms with Crippen LogP contribution in [-0.2, 0) is 5.41 Å². The van der Waals surface area contributed by atoms with Crippen molar-refractivity contribution in [2.24, 2.45) is 0 Å². The predicted octanol–water partition coefficient (Wildman–Crippen LogP) is 8.25. The smallest absolute Gasteiger partial charge is 0.252 e. The Morgan fingerprint density at radius 3 is 1.81 bits per heavy atom. The van der Waals surface area contributed by atoms with E-state index >= 15 is 0 Å². The SMILES string of the molecule is Cc1c(C)n2c3c(cccc13)B1c3c-2ccc2c3-n3c4c1cc([Si](C)(C)C)cc4c1cc([Si](C)(C)C)cc(c13)C21c2ccccc2-c2ccccc21. The number of fused-ring (bicyclic) bond motifs is 11. The van der Waals surface area contributed by atoms with E-state index in [1.165, 1.54) is 105 Å². The molecule has 4 aliphatic rings. The third kappa shape index (κ3) is 3.11. The minimum absolute atomic E-state index is 0.160. The van der Waals surface area contributed by atoms with Crippen LogP contribution in [0.4, 0.5) is 0 Å². The van der Waals surface area contributed by atoms with Crippen LogP contribution >= 0.6 is 0 Å². The summed E-state index contributed by atoms with van der Waals surface area (Å²) < 4.78 is 5.39. The number of hydrogen-bond acceptors (Lipinski definition) is 0. The maximum absolute atomic E-state index is 2.77. The second kappa shape index (κ2) is 9.02. The molecule has 0 saturated carbocycles. The molecule has 0 bridgehead atoms. The van der Waals surface area contributed by atoms with Crippen molar-refractivity contribution in [1.29, 1.82) is 0 Å². The van der Waals surface area contributed by atoms with Gasteiger partial charge in [0, 0.05) is 44.3 Å². The highest BCUT2D eigenvalue weighted by Gasteiger charge is 2.54. The first-order valence-electron chi connectivity index (χ1n) is 19.1. The molecule has 0 N–H and O–H groups in total. The van der Waals surface area contributed by atoms with Gasteiger partial charge in [-0.3, -0.25) is 0 Å². The van der Waals surface area contributed by atoms with Crippen LogP contribution in [0.15, 0.2) is 103 Å². The molecule has 0 fully saturated rings. The molecule has 5 heterocycles. The molecule has 0 amide bonds. The molecule has 1 spiro atoms. The van der Waals surface area contributed by atoms with Crippen molar-refractivity contribution in [3.63, 3.8) is 0 Å². The molecule has 2 aromatic heterocycles. The summed E-state index contributed by atoms with van der Waals surface area (Å²) in [5, 5.41) is 7.38. The molecule has 2 nitrogen and oxygen atoms in total. The highest BCUT2D eigenvalue weighted by molar-refractivity contribution is 7.01. The van der Waals surface area contributed by atoms with E-state index in [9.17, 15) is 0 Å². The molecule has 5 heteroatoms. The molecule has 0 radical (unpaired) electrons. The molecular weight excluding hydrogens is 660 g/mol. The lowest BCUT2D eigenvalue weighted by molar-refractivity contribution is 0.749. The zero-order chi connectivity index (χ0) is 35.4. The molecule has 0 saturated heterocycles. The fourth-order valence-corrected chi connectivity index (χ4v) is 13.5. The van der Waals surface area contributed by atoms with Gasteiger partial charge in [0.1, 0.15) is 0 Å². The Balaban J connectivity index is 1.41. The van der Waals surface area contributed by atoms with Crippen LogP contribution in [0, 0.1) is 13.8 Å². The van der Waals surface area contributed by atoms with Gasteiger partial charge in [-0.25, -0.2) is 0 Å². The Bertz CT molecular complexity index is 2970. The summed E-state index contributed by atoms with van der Waals surface area (Å²) in [7, 11) is -3.45. The molecule has 52 heavy (non-hydrogen) atoms. The minimum atomic E-state index is -1.75. The molecular formula is C47H41BN2Si2. The van der Waals surface area contributed by atoms with Crippen molar-refractivity contribution < 1.29 is 0 Å². The van der Waals surface area contributed by atoms with Crippen LogP contribution in [0.25, 0.3) is 55.2 Å². The minimum Gasteiger partial charge on any atom is -0.315 e. The Labute approximate surface area is 307 Å². The van der Waals surface area contributed by atoms with E-state index in [1.54, 1.807) is 10.4 Å². The number of benzene rings is 6. The Morgan fingerprint density at radius 1 is 0.519 bits per heavy atom. The van der Waals surface area contributed by atoms with Crippen molar-refractivity contribution in [2.45, 2.75) is 58.5 Å². The van der Waals surface area contributed by atoms with Gasteiger partial charge < -0.3 is 9.13 Å². The van der Waals surface area contributed by atoms with Crippen LogP contribution in [0.5, 0.6) is 0 Å². The average molecular weight is 701 g/mol. The van der Waals surface area contributed by atoms with E-state index in [0.717, 1.165) is 0 Å².